The van der Waals surface area contributed by atoms with E-state index in [1.54, 1.807) is 12.4 Å². The van der Waals surface area contributed by atoms with Crippen molar-refractivity contribution in [1.82, 2.24) is 9.97 Å². The van der Waals surface area contributed by atoms with Crippen LogP contribution in [-0.2, 0) is 28.7 Å². The summed E-state index contributed by atoms with van der Waals surface area (Å²) in [5.74, 6) is 0.987. The summed E-state index contributed by atoms with van der Waals surface area (Å²) >= 11 is 0. The molecule has 0 N–H and O–H groups in total. The van der Waals surface area contributed by atoms with E-state index in [9.17, 15) is 4.79 Å². The Balaban J connectivity index is 1.70. The summed E-state index contributed by atoms with van der Waals surface area (Å²) < 4.78 is 11.5. The highest BCUT2D eigenvalue weighted by Gasteiger charge is 2.26. The molecule has 0 spiro atoms. The molecule has 2 aromatic rings. The summed E-state index contributed by atoms with van der Waals surface area (Å²) in [7, 11) is 0. The van der Waals surface area contributed by atoms with Crippen molar-refractivity contribution in [1.29, 1.82) is 0 Å². The number of carbonyl (C=O) groups excluding carboxylic acids is 1. The Morgan fingerprint density at radius 2 is 2.00 bits per heavy atom. The number of rotatable bonds is 4. The SMILES string of the molecule is C[C@@H]1CN(c2cc(C(=O)Cc3cccnc3)c3c(n2)CCOCC3)C[C@H](C)O1. The molecule has 1 saturated heterocycles. The molecule has 0 amide bonds. The predicted octanol–water partition coefficient (Wildman–Crippen LogP) is 2.63. The van der Waals surface area contributed by atoms with Gasteiger partial charge in [-0.1, -0.05) is 6.07 Å². The number of aromatic nitrogens is 2. The van der Waals surface area contributed by atoms with Crippen molar-refractivity contribution < 1.29 is 14.3 Å². The van der Waals surface area contributed by atoms with Crippen LogP contribution in [0.1, 0.15) is 41.0 Å². The first-order valence-corrected chi connectivity index (χ1v) is 10.0. The maximum atomic E-state index is 13.2. The van der Waals surface area contributed by atoms with E-state index in [1.165, 1.54) is 0 Å². The quantitative estimate of drug-likeness (QED) is 0.759. The van der Waals surface area contributed by atoms with Crippen LogP contribution in [0.3, 0.4) is 0 Å². The number of ether oxygens (including phenoxy) is 2. The minimum atomic E-state index is 0.115. The molecule has 0 saturated carbocycles. The van der Waals surface area contributed by atoms with Crippen LogP contribution in [0.25, 0.3) is 0 Å². The van der Waals surface area contributed by atoms with Crippen molar-refractivity contribution in [3.05, 3.63) is 53.0 Å². The van der Waals surface area contributed by atoms with Gasteiger partial charge in [0.15, 0.2) is 5.78 Å². The van der Waals surface area contributed by atoms with E-state index in [4.69, 9.17) is 14.5 Å². The Morgan fingerprint density at radius 1 is 1.21 bits per heavy atom. The molecule has 0 radical (unpaired) electrons. The lowest BCUT2D eigenvalue weighted by molar-refractivity contribution is -0.00547. The van der Waals surface area contributed by atoms with E-state index in [0.29, 0.717) is 19.6 Å². The lowest BCUT2D eigenvalue weighted by Crippen LogP contribution is -2.46. The standard InChI is InChI=1S/C22H27N3O3/c1-15-13-25(14-16(2)28-15)22-11-19(18-5-8-27-9-6-20(18)24-22)21(26)10-17-4-3-7-23-12-17/h3-4,7,11-12,15-16H,5-6,8-10,13-14H2,1-2H3/t15-,16+. The molecule has 2 aromatic heterocycles. The highest BCUT2D eigenvalue weighted by atomic mass is 16.5. The number of carbonyl (C=O) groups is 1. The van der Waals surface area contributed by atoms with E-state index in [-0.39, 0.29) is 18.0 Å². The van der Waals surface area contributed by atoms with Crippen molar-refractivity contribution in [2.75, 3.05) is 31.2 Å². The molecule has 2 aliphatic heterocycles. The van der Waals surface area contributed by atoms with Gasteiger partial charge in [-0.2, -0.15) is 0 Å². The zero-order valence-corrected chi connectivity index (χ0v) is 16.6. The number of fused-ring (bicyclic) bond motifs is 1. The van der Waals surface area contributed by atoms with Crippen molar-refractivity contribution >= 4 is 11.6 Å². The van der Waals surface area contributed by atoms with Gasteiger partial charge >= 0.3 is 0 Å². The molecule has 0 bridgehead atoms. The summed E-state index contributed by atoms with van der Waals surface area (Å²) in [4.78, 5) is 24.5. The van der Waals surface area contributed by atoms with Crippen LogP contribution in [-0.4, -0.2) is 54.3 Å². The van der Waals surface area contributed by atoms with Crippen LogP contribution in [0.15, 0.2) is 30.6 Å². The number of hydrogen-bond donors (Lipinski definition) is 0. The third-order valence-electron chi connectivity index (χ3n) is 5.31. The zero-order valence-electron chi connectivity index (χ0n) is 16.6. The topological polar surface area (TPSA) is 64.6 Å². The molecular weight excluding hydrogens is 354 g/mol. The van der Waals surface area contributed by atoms with Gasteiger partial charge in [0.25, 0.3) is 0 Å². The molecule has 1 fully saturated rings. The summed E-state index contributed by atoms with van der Waals surface area (Å²) in [6.45, 7) is 7.00. The molecule has 4 heterocycles. The maximum absolute atomic E-state index is 13.2. The van der Waals surface area contributed by atoms with Gasteiger partial charge in [0.2, 0.25) is 0 Å². The van der Waals surface area contributed by atoms with Gasteiger partial charge in [0.1, 0.15) is 5.82 Å². The third-order valence-corrected chi connectivity index (χ3v) is 5.31. The van der Waals surface area contributed by atoms with Gasteiger partial charge in [0, 0.05) is 49.6 Å². The fourth-order valence-corrected chi connectivity index (χ4v) is 4.10. The normalized spacial score (nSPS) is 22.4. The van der Waals surface area contributed by atoms with Gasteiger partial charge in [-0.05, 0) is 43.5 Å². The van der Waals surface area contributed by atoms with Gasteiger partial charge in [-0.15, -0.1) is 0 Å². The lowest BCUT2D eigenvalue weighted by Gasteiger charge is -2.36. The van der Waals surface area contributed by atoms with E-state index < -0.39 is 0 Å². The number of ketones is 1. The lowest BCUT2D eigenvalue weighted by atomic mass is 9.95. The highest BCUT2D eigenvalue weighted by molar-refractivity contribution is 5.99. The van der Waals surface area contributed by atoms with E-state index in [1.807, 2.05) is 18.2 Å². The van der Waals surface area contributed by atoms with Gasteiger partial charge in [-0.25, -0.2) is 4.98 Å². The van der Waals surface area contributed by atoms with E-state index in [0.717, 1.165) is 54.1 Å². The van der Waals surface area contributed by atoms with Crippen LogP contribution in [0.2, 0.25) is 0 Å². The predicted molar refractivity (Wildman–Crippen MR) is 107 cm³/mol. The van der Waals surface area contributed by atoms with Gasteiger partial charge < -0.3 is 14.4 Å². The summed E-state index contributed by atoms with van der Waals surface area (Å²) in [6, 6.07) is 5.79. The van der Waals surface area contributed by atoms with Crippen LogP contribution < -0.4 is 4.90 Å². The maximum Gasteiger partial charge on any atom is 0.167 e. The van der Waals surface area contributed by atoms with Crippen molar-refractivity contribution in [3.8, 4) is 0 Å². The Kier molecular flexibility index (Phi) is 5.69. The molecule has 2 atom stereocenters. The number of morpholine rings is 1. The number of pyridine rings is 2. The number of anilines is 1. The van der Waals surface area contributed by atoms with Crippen LogP contribution in [0.5, 0.6) is 0 Å². The fourth-order valence-electron chi connectivity index (χ4n) is 4.10. The zero-order chi connectivity index (χ0) is 19.5. The summed E-state index contributed by atoms with van der Waals surface area (Å²) in [5.41, 5.74) is 3.75. The minimum Gasteiger partial charge on any atom is -0.381 e. The molecule has 0 aromatic carbocycles. The first kappa shape index (κ1) is 19.0. The van der Waals surface area contributed by atoms with Crippen molar-refractivity contribution in [2.24, 2.45) is 0 Å². The second kappa shape index (κ2) is 8.37. The van der Waals surface area contributed by atoms with Crippen LogP contribution >= 0.6 is 0 Å². The average Bonchev–Trinajstić information content (AvgIpc) is 2.92. The minimum absolute atomic E-state index is 0.115. The molecule has 28 heavy (non-hydrogen) atoms. The molecule has 4 rings (SSSR count). The Labute approximate surface area is 165 Å². The molecule has 2 aliphatic rings. The Morgan fingerprint density at radius 3 is 2.75 bits per heavy atom. The number of hydrogen-bond acceptors (Lipinski definition) is 6. The fraction of sp³-hybridized carbons (Fsp3) is 0.500. The monoisotopic (exact) mass is 381 g/mol. The summed E-state index contributed by atoms with van der Waals surface area (Å²) in [6.07, 6.45) is 5.58. The third kappa shape index (κ3) is 4.23. The molecule has 6 heteroatoms. The van der Waals surface area contributed by atoms with Gasteiger partial charge in [0.05, 0.1) is 25.4 Å². The first-order valence-electron chi connectivity index (χ1n) is 10.0. The Hall–Kier alpha value is -2.31. The van der Waals surface area contributed by atoms with Crippen molar-refractivity contribution in [2.45, 2.75) is 45.3 Å². The van der Waals surface area contributed by atoms with Crippen LogP contribution in [0, 0.1) is 0 Å². The molecule has 0 aliphatic carbocycles. The van der Waals surface area contributed by atoms with Gasteiger partial charge in [-0.3, -0.25) is 9.78 Å². The van der Waals surface area contributed by atoms with E-state index >= 15 is 0 Å². The second-order valence-corrected chi connectivity index (χ2v) is 7.69. The van der Waals surface area contributed by atoms with E-state index in [2.05, 4.69) is 23.7 Å². The molecule has 0 unspecified atom stereocenters. The second-order valence-electron chi connectivity index (χ2n) is 7.69. The first-order chi connectivity index (χ1) is 13.6. The number of nitrogens with zero attached hydrogens (tertiary/aromatic N) is 3. The average molecular weight is 381 g/mol. The summed E-state index contributed by atoms with van der Waals surface area (Å²) in [5, 5.41) is 0. The molecule has 148 valence electrons. The largest absolute Gasteiger partial charge is 0.381 e. The Bertz CT molecular complexity index is 830. The highest BCUT2D eigenvalue weighted by Crippen LogP contribution is 2.27. The number of Topliss-reactive ketones (excluding diaryl/α,β-unsaturated/α-hetero) is 1. The van der Waals surface area contributed by atoms with Crippen LogP contribution in [0.4, 0.5) is 5.82 Å². The molecular formula is C22H27N3O3. The molecule has 6 nitrogen and oxygen atoms in total. The van der Waals surface area contributed by atoms with Crippen molar-refractivity contribution in [3.63, 3.8) is 0 Å². The smallest absolute Gasteiger partial charge is 0.167 e.